The third kappa shape index (κ3) is 2.83. The Balaban J connectivity index is 1.79. The number of fused-ring (bicyclic) bond motifs is 1. The van der Waals surface area contributed by atoms with Crippen molar-refractivity contribution < 1.29 is 14.3 Å². The van der Waals surface area contributed by atoms with Gasteiger partial charge in [-0.15, -0.1) is 0 Å². The van der Waals surface area contributed by atoms with Gasteiger partial charge in [-0.2, -0.15) is 0 Å². The summed E-state index contributed by atoms with van der Waals surface area (Å²) in [4.78, 5) is 32.1. The molecule has 1 aromatic carbocycles. The highest BCUT2D eigenvalue weighted by Crippen LogP contribution is 2.43. The van der Waals surface area contributed by atoms with E-state index in [1.165, 1.54) is 0 Å². The van der Waals surface area contributed by atoms with Crippen molar-refractivity contribution in [3.05, 3.63) is 54.0 Å². The zero-order valence-electron chi connectivity index (χ0n) is 15.8. The lowest BCUT2D eigenvalue weighted by Crippen LogP contribution is -2.28. The van der Waals surface area contributed by atoms with Gasteiger partial charge in [0.2, 0.25) is 0 Å². The summed E-state index contributed by atoms with van der Waals surface area (Å²) in [5.41, 5.74) is 1.47. The van der Waals surface area contributed by atoms with Crippen LogP contribution >= 0.6 is 0 Å². The number of anilines is 1. The van der Waals surface area contributed by atoms with Gasteiger partial charge in [0, 0.05) is 24.2 Å². The fraction of sp³-hybridized carbons (Fsp3) is 0.250. The van der Waals surface area contributed by atoms with Gasteiger partial charge in [-0.05, 0) is 36.2 Å². The molecule has 0 spiro atoms. The lowest BCUT2D eigenvalue weighted by atomic mass is 10.0. The van der Waals surface area contributed by atoms with Gasteiger partial charge in [-0.1, -0.05) is 6.92 Å². The van der Waals surface area contributed by atoms with E-state index >= 15 is 0 Å². The van der Waals surface area contributed by atoms with Gasteiger partial charge >= 0.3 is 0 Å². The Kier molecular flexibility index (Phi) is 4.60. The van der Waals surface area contributed by atoms with Gasteiger partial charge in [0.05, 0.1) is 20.3 Å². The van der Waals surface area contributed by atoms with Gasteiger partial charge in [-0.3, -0.25) is 9.69 Å². The van der Waals surface area contributed by atoms with Gasteiger partial charge in [-0.25, -0.2) is 19.9 Å². The first-order chi connectivity index (χ1) is 13.7. The zero-order valence-corrected chi connectivity index (χ0v) is 15.8. The number of benzene rings is 1. The number of hydrogen-bond acceptors (Lipinski definition) is 7. The molecule has 3 heterocycles. The van der Waals surface area contributed by atoms with E-state index in [-0.39, 0.29) is 11.9 Å². The molecule has 4 rings (SSSR count). The smallest absolute Gasteiger partial charge is 0.260 e. The van der Waals surface area contributed by atoms with Crippen LogP contribution in [0.4, 0.5) is 5.82 Å². The molecule has 0 saturated heterocycles. The molecule has 0 N–H and O–H groups in total. The monoisotopic (exact) mass is 377 g/mol. The van der Waals surface area contributed by atoms with Crippen molar-refractivity contribution in [2.45, 2.75) is 19.4 Å². The van der Waals surface area contributed by atoms with Crippen LogP contribution in [0.15, 0.2) is 42.9 Å². The molecular formula is C20H19N5O3. The molecule has 8 nitrogen and oxygen atoms in total. The van der Waals surface area contributed by atoms with Crippen molar-refractivity contribution in [2.75, 3.05) is 19.1 Å². The van der Waals surface area contributed by atoms with Crippen LogP contribution < -0.4 is 14.4 Å². The summed E-state index contributed by atoms with van der Waals surface area (Å²) < 4.78 is 10.8. The standard InChI is InChI=1S/C20H19N5O3/c1-4-14-12-10-15(27-2)16(28-3)11-13(12)20(26)25(14)17-6-9-23-19(24-17)18-21-7-5-8-22-18/h5-11,14H,4H2,1-3H3/t14-/m1/s1. The van der Waals surface area contributed by atoms with Crippen molar-refractivity contribution in [1.82, 2.24) is 19.9 Å². The molecular weight excluding hydrogens is 358 g/mol. The second kappa shape index (κ2) is 7.22. The predicted octanol–water partition coefficient (Wildman–Crippen LogP) is 3.06. The molecule has 0 saturated carbocycles. The van der Waals surface area contributed by atoms with Crippen LogP contribution in [-0.2, 0) is 0 Å². The maximum absolute atomic E-state index is 13.2. The van der Waals surface area contributed by atoms with Crippen molar-refractivity contribution in [1.29, 1.82) is 0 Å². The van der Waals surface area contributed by atoms with E-state index in [4.69, 9.17) is 9.47 Å². The Morgan fingerprint density at radius 2 is 1.68 bits per heavy atom. The summed E-state index contributed by atoms with van der Waals surface area (Å²) in [6.45, 7) is 2.03. The SMILES string of the molecule is CC[C@@H]1c2cc(OC)c(OC)cc2C(=O)N1c1ccnc(-c2ncccn2)n1. The first kappa shape index (κ1) is 17.8. The Labute approximate surface area is 162 Å². The highest BCUT2D eigenvalue weighted by molar-refractivity contribution is 6.11. The van der Waals surface area contributed by atoms with Crippen molar-refractivity contribution >= 4 is 11.7 Å². The van der Waals surface area contributed by atoms with E-state index < -0.39 is 0 Å². The molecule has 1 aliphatic heterocycles. The average Bonchev–Trinajstić information content (AvgIpc) is 3.04. The third-order valence-electron chi connectivity index (χ3n) is 4.72. The molecule has 1 atom stereocenters. The van der Waals surface area contributed by atoms with Crippen molar-refractivity contribution in [3.8, 4) is 23.1 Å². The predicted molar refractivity (Wildman–Crippen MR) is 102 cm³/mol. The maximum Gasteiger partial charge on any atom is 0.260 e. The minimum absolute atomic E-state index is 0.138. The maximum atomic E-state index is 13.2. The van der Waals surface area contributed by atoms with Crippen molar-refractivity contribution in [3.63, 3.8) is 0 Å². The lowest BCUT2D eigenvalue weighted by molar-refractivity contribution is 0.0989. The fourth-order valence-corrected chi connectivity index (χ4v) is 3.44. The molecule has 28 heavy (non-hydrogen) atoms. The van der Waals surface area contributed by atoms with Crippen LogP contribution in [0.3, 0.4) is 0 Å². The molecule has 2 aromatic heterocycles. The normalized spacial score (nSPS) is 15.5. The fourth-order valence-electron chi connectivity index (χ4n) is 3.44. The average molecular weight is 377 g/mol. The van der Waals surface area contributed by atoms with Crippen LogP contribution in [0.2, 0.25) is 0 Å². The number of aromatic nitrogens is 4. The molecule has 0 fully saturated rings. The summed E-state index contributed by atoms with van der Waals surface area (Å²) in [6.07, 6.45) is 5.58. The topological polar surface area (TPSA) is 90.3 Å². The van der Waals surface area contributed by atoms with Gasteiger partial charge in [0.1, 0.15) is 5.82 Å². The molecule has 142 valence electrons. The summed E-state index contributed by atoms with van der Waals surface area (Å²) in [6, 6.07) is 6.86. The van der Waals surface area contributed by atoms with E-state index in [9.17, 15) is 4.79 Å². The number of hydrogen-bond donors (Lipinski definition) is 0. The molecule has 1 aliphatic rings. The first-order valence-corrected chi connectivity index (χ1v) is 8.87. The minimum Gasteiger partial charge on any atom is -0.493 e. The van der Waals surface area contributed by atoms with E-state index in [1.54, 1.807) is 55.9 Å². The van der Waals surface area contributed by atoms with Crippen LogP contribution in [0.5, 0.6) is 11.5 Å². The molecule has 3 aromatic rings. The summed E-state index contributed by atoms with van der Waals surface area (Å²) in [5.74, 6) is 2.25. The zero-order chi connectivity index (χ0) is 19.7. The van der Waals surface area contributed by atoms with E-state index in [2.05, 4.69) is 19.9 Å². The van der Waals surface area contributed by atoms with Gasteiger partial charge < -0.3 is 9.47 Å². The van der Waals surface area contributed by atoms with Gasteiger partial charge in [0.15, 0.2) is 23.1 Å². The molecule has 0 bridgehead atoms. The van der Waals surface area contributed by atoms with Crippen LogP contribution in [0.25, 0.3) is 11.6 Å². The minimum atomic E-state index is -0.165. The third-order valence-corrected chi connectivity index (χ3v) is 4.72. The van der Waals surface area contributed by atoms with Crippen LogP contribution in [0.1, 0.15) is 35.3 Å². The Morgan fingerprint density at radius 1 is 1.00 bits per heavy atom. The van der Waals surface area contributed by atoms with Crippen molar-refractivity contribution in [2.24, 2.45) is 0 Å². The number of nitrogens with zero attached hydrogens (tertiary/aromatic N) is 5. The first-order valence-electron chi connectivity index (χ1n) is 8.87. The summed E-state index contributed by atoms with van der Waals surface area (Å²) >= 11 is 0. The molecule has 0 aliphatic carbocycles. The molecule has 0 radical (unpaired) electrons. The molecule has 8 heteroatoms. The quantitative estimate of drug-likeness (QED) is 0.675. The number of methoxy groups -OCH3 is 2. The van der Waals surface area contributed by atoms with E-state index in [1.807, 2.05) is 13.0 Å². The summed E-state index contributed by atoms with van der Waals surface area (Å²) in [5, 5.41) is 0. The second-order valence-corrected chi connectivity index (χ2v) is 6.20. The number of carbonyl (C=O) groups excluding carboxylic acids is 1. The Bertz CT molecular complexity index is 1030. The van der Waals surface area contributed by atoms with Gasteiger partial charge in [0.25, 0.3) is 5.91 Å². The molecule has 0 unspecified atom stereocenters. The highest BCUT2D eigenvalue weighted by Gasteiger charge is 2.39. The lowest BCUT2D eigenvalue weighted by Gasteiger charge is -2.23. The second-order valence-electron chi connectivity index (χ2n) is 6.20. The molecule has 1 amide bonds. The van der Waals surface area contributed by atoms with Crippen LogP contribution in [0, 0.1) is 0 Å². The Hall–Kier alpha value is -3.55. The Morgan fingerprint density at radius 3 is 2.36 bits per heavy atom. The van der Waals surface area contributed by atoms with E-state index in [0.29, 0.717) is 34.5 Å². The number of carbonyl (C=O) groups is 1. The number of amides is 1. The highest BCUT2D eigenvalue weighted by atomic mass is 16.5. The van der Waals surface area contributed by atoms with E-state index in [0.717, 1.165) is 12.0 Å². The van der Waals surface area contributed by atoms with Crippen LogP contribution in [-0.4, -0.2) is 40.1 Å². The largest absolute Gasteiger partial charge is 0.493 e. The summed E-state index contributed by atoms with van der Waals surface area (Å²) in [7, 11) is 3.13. The number of rotatable bonds is 5. The number of ether oxygens (including phenoxy) is 2.